The molecule has 0 bridgehead atoms. The van der Waals surface area contributed by atoms with Crippen molar-refractivity contribution in [1.29, 1.82) is 0 Å². The van der Waals surface area contributed by atoms with Crippen LogP contribution >= 0.6 is 11.6 Å². The molecular formula is C18H18ClNO2. The van der Waals surface area contributed by atoms with Gasteiger partial charge in [-0.25, -0.2) is 0 Å². The van der Waals surface area contributed by atoms with E-state index in [1.165, 1.54) is 0 Å². The Kier molecular flexibility index (Phi) is 3.83. The molecule has 114 valence electrons. The van der Waals surface area contributed by atoms with Gasteiger partial charge in [0.1, 0.15) is 5.75 Å². The van der Waals surface area contributed by atoms with Gasteiger partial charge in [-0.15, -0.1) is 0 Å². The minimum Gasteiger partial charge on any atom is -0.496 e. The van der Waals surface area contributed by atoms with E-state index in [0.29, 0.717) is 5.02 Å². The van der Waals surface area contributed by atoms with Crippen LogP contribution in [0.3, 0.4) is 0 Å². The predicted molar refractivity (Wildman–Crippen MR) is 88.7 cm³/mol. The number of aryl methyl sites for hydroxylation is 1. The van der Waals surface area contributed by atoms with E-state index in [9.17, 15) is 4.79 Å². The van der Waals surface area contributed by atoms with Gasteiger partial charge in [-0.2, -0.15) is 0 Å². The summed E-state index contributed by atoms with van der Waals surface area (Å²) in [4.78, 5) is 12.8. The molecule has 3 nitrogen and oxygen atoms in total. The molecule has 1 aliphatic carbocycles. The van der Waals surface area contributed by atoms with Gasteiger partial charge < -0.3 is 10.1 Å². The normalized spacial score (nSPS) is 15.2. The van der Waals surface area contributed by atoms with Crippen molar-refractivity contribution in [3.8, 4) is 5.75 Å². The Morgan fingerprint density at radius 2 is 1.95 bits per heavy atom. The first kappa shape index (κ1) is 14.9. The Hall–Kier alpha value is -2.00. The molecule has 1 fully saturated rings. The molecule has 2 aromatic carbocycles. The van der Waals surface area contributed by atoms with Gasteiger partial charge in [0.2, 0.25) is 5.91 Å². The highest BCUT2D eigenvalue weighted by atomic mass is 35.5. The minimum atomic E-state index is -0.474. The molecule has 3 rings (SSSR count). The molecule has 0 radical (unpaired) electrons. The maximum Gasteiger partial charge on any atom is 0.235 e. The second-order valence-electron chi connectivity index (χ2n) is 5.70. The molecule has 1 N–H and O–H groups in total. The van der Waals surface area contributed by atoms with Crippen LogP contribution < -0.4 is 10.1 Å². The summed E-state index contributed by atoms with van der Waals surface area (Å²) >= 11 is 5.96. The molecule has 1 amide bonds. The van der Waals surface area contributed by atoms with Gasteiger partial charge in [0.15, 0.2) is 0 Å². The van der Waals surface area contributed by atoms with Gasteiger partial charge in [-0.3, -0.25) is 4.79 Å². The van der Waals surface area contributed by atoms with Crippen molar-refractivity contribution in [1.82, 2.24) is 0 Å². The highest BCUT2D eigenvalue weighted by molar-refractivity contribution is 6.30. The van der Waals surface area contributed by atoms with E-state index in [0.717, 1.165) is 35.4 Å². The number of ether oxygens (including phenoxy) is 1. The van der Waals surface area contributed by atoms with Crippen LogP contribution in [0.15, 0.2) is 42.5 Å². The van der Waals surface area contributed by atoms with E-state index in [-0.39, 0.29) is 5.91 Å². The average Bonchev–Trinajstić information content (AvgIpc) is 3.31. The van der Waals surface area contributed by atoms with E-state index in [4.69, 9.17) is 16.3 Å². The molecular weight excluding hydrogens is 298 g/mol. The number of hydrogen-bond donors (Lipinski definition) is 1. The monoisotopic (exact) mass is 315 g/mol. The van der Waals surface area contributed by atoms with E-state index in [1.54, 1.807) is 13.2 Å². The van der Waals surface area contributed by atoms with Gasteiger partial charge in [-0.05, 0) is 49.6 Å². The quantitative estimate of drug-likeness (QED) is 0.912. The van der Waals surface area contributed by atoms with Crippen molar-refractivity contribution in [2.75, 3.05) is 12.4 Å². The van der Waals surface area contributed by atoms with Gasteiger partial charge in [-0.1, -0.05) is 29.8 Å². The first-order chi connectivity index (χ1) is 10.6. The molecule has 0 heterocycles. The van der Waals surface area contributed by atoms with Crippen molar-refractivity contribution >= 4 is 23.2 Å². The zero-order valence-corrected chi connectivity index (χ0v) is 13.4. The second-order valence-corrected chi connectivity index (χ2v) is 6.13. The Bertz CT molecular complexity index is 723. The lowest BCUT2D eigenvalue weighted by Crippen LogP contribution is -2.28. The summed E-state index contributed by atoms with van der Waals surface area (Å²) in [5.41, 5.74) is 2.24. The van der Waals surface area contributed by atoms with Crippen molar-refractivity contribution in [2.45, 2.75) is 25.2 Å². The van der Waals surface area contributed by atoms with Crippen LogP contribution in [-0.4, -0.2) is 13.0 Å². The van der Waals surface area contributed by atoms with E-state index < -0.39 is 5.41 Å². The van der Waals surface area contributed by atoms with Crippen LogP contribution in [0.5, 0.6) is 5.75 Å². The molecule has 0 aliphatic heterocycles. The third-order valence-electron chi connectivity index (χ3n) is 4.24. The maximum atomic E-state index is 12.8. The number of carbonyl (C=O) groups is 1. The first-order valence-corrected chi connectivity index (χ1v) is 7.66. The standard InChI is InChI=1S/C18H18ClNO2/c1-12-11-13(19)7-8-15(12)20-17(21)18(9-10-18)14-5-3-4-6-16(14)22-2/h3-8,11H,9-10H2,1-2H3,(H,20,21). The summed E-state index contributed by atoms with van der Waals surface area (Å²) < 4.78 is 5.41. The van der Waals surface area contributed by atoms with Crippen molar-refractivity contribution in [3.63, 3.8) is 0 Å². The molecule has 1 aliphatic rings. The largest absolute Gasteiger partial charge is 0.496 e. The van der Waals surface area contributed by atoms with Crippen LogP contribution in [0.1, 0.15) is 24.0 Å². The lowest BCUT2D eigenvalue weighted by Gasteiger charge is -2.19. The summed E-state index contributed by atoms with van der Waals surface area (Å²) in [5, 5.41) is 3.70. The van der Waals surface area contributed by atoms with Gasteiger partial charge >= 0.3 is 0 Å². The molecule has 4 heteroatoms. The minimum absolute atomic E-state index is 0.0161. The molecule has 2 aromatic rings. The number of anilines is 1. The molecule has 22 heavy (non-hydrogen) atoms. The number of para-hydroxylation sites is 1. The number of rotatable bonds is 4. The number of methoxy groups -OCH3 is 1. The highest BCUT2D eigenvalue weighted by Gasteiger charge is 2.52. The van der Waals surface area contributed by atoms with Gasteiger partial charge in [0, 0.05) is 16.3 Å². The molecule has 0 aromatic heterocycles. The number of nitrogens with one attached hydrogen (secondary N) is 1. The second kappa shape index (κ2) is 5.65. The molecule has 0 atom stereocenters. The summed E-state index contributed by atoms with van der Waals surface area (Å²) in [6.45, 7) is 1.93. The van der Waals surface area contributed by atoms with Crippen LogP contribution in [0, 0.1) is 6.92 Å². The van der Waals surface area contributed by atoms with E-state index >= 15 is 0 Å². The fraction of sp³-hybridized carbons (Fsp3) is 0.278. The lowest BCUT2D eigenvalue weighted by molar-refractivity contribution is -0.118. The van der Waals surface area contributed by atoms with Gasteiger partial charge in [0.25, 0.3) is 0 Å². The number of carbonyl (C=O) groups excluding carboxylic acids is 1. The third kappa shape index (κ3) is 2.57. The Morgan fingerprint density at radius 1 is 1.23 bits per heavy atom. The summed E-state index contributed by atoms with van der Waals surface area (Å²) in [5.74, 6) is 0.783. The van der Waals surface area contributed by atoms with Crippen LogP contribution in [0.2, 0.25) is 5.02 Å². The first-order valence-electron chi connectivity index (χ1n) is 7.28. The average molecular weight is 316 g/mol. The highest BCUT2D eigenvalue weighted by Crippen LogP contribution is 2.52. The van der Waals surface area contributed by atoms with Crippen molar-refractivity contribution in [3.05, 3.63) is 58.6 Å². The smallest absolute Gasteiger partial charge is 0.235 e. The SMILES string of the molecule is COc1ccccc1C1(C(=O)Nc2ccc(Cl)cc2C)CC1. The Balaban J connectivity index is 1.88. The number of amides is 1. The molecule has 0 saturated heterocycles. The Morgan fingerprint density at radius 3 is 2.59 bits per heavy atom. The molecule has 0 spiro atoms. The topological polar surface area (TPSA) is 38.3 Å². The predicted octanol–water partition coefficient (Wildman–Crippen LogP) is 4.33. The fourth-order valence-electron chi connectivity index (χ4n) is 2.79. The lowest BCUT2D eigenvalue weighted by atomic mass is 9.93. The third-order valence-corrected chi connectivity index (χ3v) is 4.48. The number of halogens is 1. The van der Waals surface area contributed by atoms with Crippen molar-refractivity contribution in [2.24, 2.45) is 0 Å². The zero-order chi connectivity index (χ0) is 15.7. The van der Waals surface area contributed by atoms with Crippen LogP contribution in [0.4, 0.5) is 5.69 Å². The zero-order valence-electron chi connectivity index (χ0n) is 12.7. The van der Waals surface area contributed by atoms with Crippen molar-refractivity contribution < 1.29 is 9.53 Å². The molecule has 0 unspecified atom stereocenters. The van der Waals surface area contributed by atoms with E-state index in [1.807, 2.05) is 43.3 Å². The summed E-state index contributed by atoms with van der Waals surface area (Å²) in [6.07, 6.45) is 1.68. The maximum absolute atomic E-state index is 12.8. The Labute approximate surface area is 135 Å². The number of benzene rings is 2. The van der Waals surface area contributed by atoms with Gasteiger partial charge in [0.05, 0.1) is 12.5 Å². The fourth-order valence-corrected chi connectivity index (χ4v) is 3.02. The number of hydrogen-bond acceptors (Lipinski definition) is 2. The molecule has 1 saturated carbocycles. The summed E-state index contributed by atoms with van der Waals surface area (Å²) in [7, 11) is 1.64. The summed E-state index contributed by atoms with van der Waals surface area (Å²) in [6, 6.07) is 13.2. The van der Waals surface area contributed by atoms with E-state index in [2.05, 4.69) is 5.32 Å². The van der Waals surface area contributed by atoms with Crippen LogP contribution in [0.25, 0.3) is 0 Å². The van der Waals surface area contributed by atoms with Crippen LogP contribution in [-0.2, 0) is 10.2 Å².